The summed E-state index contributed by atoms with van der Waals surface area (Å²) in [5, 5.41) is 4.70. The molecular weight excluding hydrogens is 232 g/mol. The normalized spacial score (nSPS) is 13.1. The average molecular weight is 256 g/mol. The summed E-state index contributed by atoms with van der Waals surface area (Å²) in [6.07, 6.45) is 5.55. The largest absolute Gasteiger partial charge is 0.313 e. The minimum Gasteiger partial charge on any atom is -0.313 e. The first-order chi connectivity index (χ1) is 9.30. The van der Waals surface area contributed by atoms with Gasteiger partial charge in [-0.2, -0.15) is 0 Å². The topological polar surface area (TPSA) is 24.9 Å². The lowest BCUT2D eigenvalue weighted by Crippen LogP contribution is -2.20. The maximum Gasteiger partial charge on any atom is 0.0749 e. The zero-order chi connectivity index (χ0) is 13.7. The molecule has 2 nitrogen and oxygen atoms in total. The van der Waals surface area contributed by atoms with Crippen LogP contribution in [-0.2, 0) is 0 Å². The highest BCUT2D eigenvalue weighted by molar-refractivity contribution is 5.81. The van der Waals surface area contributed by atoms with Gasteiger partial charge in [-0.05, 0) is 31.0 Å². The van der Waals surface area contributed by atoms with E-state index in [1.807, 2.05) is 12.3 Å². The molecule has 1 unspecified atom stereocenters. The lowest BCUT2D eigenvalue weighted by molar-refractivity contribution is 0.386. The molecule has 102 valence electrons. The highest BCUT2D eigenvalue weighted by Crippen LogP contribution is 2.29. The van der Waals surface area contributed by atoms with Gasteiger partial charge in [-0.1, -0.05) is 51.0 Å². The van der Waals surface area contributed by atoms with E-state index < -0.39 is 0 Å². The monoisotopic (exact) mass is 256 g/mol. The van der Waals surface area contributed by atoms with Crippen molar-refractivity contribution in [1.29, 1.82) is 0 Å². The number of nitrogens with zero attached hydrogens (tertiary/aromatic N) is 1. The van der Waals surface area contributed by atoms with Crippen LogP contribution in [0, 0.1) is 5.92 Å². The van der Waals surface area contributed by atoms with Crippen molar-refractivity contribution in [2.75, 3.05) is 7.05 Å². The first-order valence-electron chi connectivity index (χ1n) is 7.31. The molecule has 19 heavy (non-hydrogen) atoms. The molecule has 0 amide bonds. The summed E-state index contributed by atoms with van der Waals surface area (Å²) in [6.45, 7) is 4.56. The lowest BCUT2D eigenvalue weighted by atomic mass is 9.90. The van der Waals surface area contributed by atoms with Crippen LogP contribution in [0.25, 0.3) is 10.9 Å². The van der Waals surface area contributed by atoms with Crippen molar-refractivity contribution in [3.05, 3.63) is 42.1 Å². The molecule has 0 aliphatic heterocycles. The Morgan fingerprint density at radius 1 is 1.11 bits per heavy atom. The summed E-state index contributed by atoms with van der Waals surface area (Å²) in [4.78, 5) is 4.57. The third-order valence-electron chi connectivity index (χ3n) is 4.11. The number of pyridine rings is 1. The van der Waals surface area contributed by atoms with Crippen molar-refractivity contribution in [2.24, 2.45) is 5.92 Å². The first-order valence-corrected chi connectivity index (χ1v) is 7.31. The second-order valence-electron chi connectivity index (χ2n) is 5.18. The maximum absolute atomic E-state index is 4.57. The molecule has 2 aromatic rings. The van der Waals surface area contributed by atoms with Crippen LogP contribution in [0.3, 0.4) is 0 Å². The highest BCUT2D eigenvalue weighted by atomic mass is 14.9. The zero-order valence-corrected chi connectivity index (χ0v) is 12.2. The van der Waals surface area contributed by atoms with Crippen LogP contribution in [0.15, 0.2) is 36.5 Å². The van der Waals surface area contributed by atoms with Crippen molar-refractivity contribution in [1.82, 2.24) is 10.3 Å². The molecule has 1 heterocycles. The molecule has 0 aliphatic carbocycles. The molecule has 2 heteroatoms. The van der Waals surface area contributed by atoms with Crippen LogP contribution >= 0.6 is 0 Å². The SMILES string of the molecule is CCC(CC)CC(NC)c1cccc2cccnc12. The van der Waals surface area contributed by atoms with Gasteiger partial charge in [0.15, 0.2) is 0 Å². The Morgan fingerprint density at radius 3 is 2.53 bits per heavy atom. The molecule has 1 aromatic heterocycles. The summed E-state index contributed by atoms with van der Waals surface area (Å²) >= 11 is 0. The smallest absolute Gasteiger partial charge is 0.0749 e. The standard InChI is InChI=1S/C17H24N2/c1-4-13(5-2)12-16(18-3)15-10-6-8-14-9-7-11-19-17(14)15/h6-11,13,16,18H,4-5,12H2,1-3H3. The summed E-state index contributed by atoms with van der Waals surface area (Å²) in [5.41, 5.74) is 2.46. The summed E-state index contributed by atoms with van der Waals surface area (Å²) in [6, 6.07) is 11.0. The van der Waals surface area contributed by atoms with Gasteiger partial charge >= 0.3 is 0 Å². The fourth-order valence-electron chi connectivity index (χ4n) is 2.76. The zero-order valence-electron chi connectivity index (χ0n) is 12.2. The molecule has 1 aromatic carbocycles. The number of hydrogen-bond donors (Lipinski definition) is 1. The quantitative estimate of drug-likeness (QED) is 0.832. The molecule has 0 bridgehead atoms. The third-order valence-corrected chi connectivity index (χ3v) is 4.11. The fraction of sp³-hybridized carbons (Fsp3) is 0.471. The van der Waals surface area contributed by atoms with Gasteiger partial charge in [0.05, 0.1) is 5.52 Å². The number of hydrogen-bond acceptors (Lipinski definition) is 2. The molecule has 0 fully saturated rings. The Bertz CT molecular complexity index is 512. The van der Waals surface area contributed by atoms with Crippen molar-refractivity contribution < 1.29 is 0 Å². The average Bonchev–Trinajstić information content (AvgIpc) is 2.48. The number of fused-ring (bicyclic) bond motifs is 1. The van der Waals surface area contributed by atoms with Gasteiger partial charge in [-0.15, -0.1) is 0 Å². The third kappa shape index (κ3) is 3.13. The van der Waals surface area contributed by atoms with Gasteiger partial charge < -0.3 is 5.32 Å². The fourth-order valence-corrected chi connectivity index (χ4v) is 2.76. The van der Waals surface area contributed by atoms with Gasteiger partial charge in [0.2, 0.25) is 0 Å². The van der Waals surface area contributed by atoms with Crippen LogP contribution in [0.5, 0.6) is 0 Å². The first kappa shape index (κ1) is 14.0. The van der Waals surface area contributed by atoms with Gasteiger partial charge in [-0.25, -0.2) is 0 Å². The summed E-state index contributed by atoms with van der Waals surface area (Å²) < 4.78 is 0. The van der Waals surface area contributed by atoms with E-state index in [0.29, 0.717) is 6.04 Å². The molecular formula is C17H24N2. The van der Waals surface area contributed by atoms with Gasteiger partial charge in [0, 0.05) is 17.6 Å². The van der Waals surface area contributed by atoms with Gasteiger partial charge in [0.1, 0.15) is 0 Å². The van der Waals surface area contributed by atoms with E-state index in [1.165, 1.54) is 30.2 Å². The number of nitrogens with one attached hydrogen (secondary N) is 1. The van der Waals surface area contributed by atoms with E-state index >= 15 is 0 Å². The summed E-state index contributed by atoms with van der Waals surface area (Å²) in [7, 11) is 2.05. The number of rotatable bonds is 6. The van der Waals surface area contributed by atoms with Crippen molar-refractivity contribution in [3.63, 3.8) is 0 Å². The van der Waals surface area contributed by atoms with Crippen LogP contribution in [-0.4, -0.2) is 12.0 Å². The van der Waals surface area contributed by atoms with E-state index in [0.717, 1.165) is 11.4 Å². The van der Waals surface area contributed by atoms with Gasteiger partial charge in [-0.3, -0.25) is 4.98 Å². The molecule has 0 saturated heterocycles. The maximum atomic E-state index is 4.57. The summed E-state index contributed by atoms with van der Waals surface area (Å²) in [5.74, 6) is 0.774. The molecule has 1 N–H and O–H groups in total. The Balaban J connectivity index is 2.35. The molecule has 2 rings (SSSR count). The second kappa shape index (κ2) is 6.67. The van der Waals surface area contributed by atoms with Crippen LogP contribution in [0.1, 0.15) is 44.7 Å². The second-order valence-corrected chi connectivity index (χ2v) is 5.18. The predicted molar refractivity (Wildman–Crippen MR) is 82.2 cm³/mol. The number of para-hydroxylation sites is 1. The Hall–Kier alpha value is -1.41. The van der Waals surface area contributed by atoms with E-state index in [1.54, 1.807) is 0 Å². The van der Waals surface area contributed by atoms with Crippen LogP contribution < -0.4 is 5.32 Å². The molecule has 0 radical (unpaired) electrons. The Morgan fingerprint density at radius 2 is 1.84 bits per heavy atom. The Labute approximate surface area is 116 Å². The van der Waals surface area contributed by atoms with Crippen molar-refractivity contribution in [3.8, 4) is 0 Å². The molecule has 0 spiro atoms. The van der Waals surface area contributed by atoms with Gasteiger partial charge in [0.25, 0.3) is 0 Å². The number of benzene rings is 1. The van der Waals surface area contributed by atoms with Crippen LogP contribution in [0.4, 0.5) is 0 Å². The van der Waals surface area contributed by atoms with E-state index in [-0.39, 0.29) is 0 Å². The lowest BCUT2D eigenvalue weighted by Gasteiger charge is -2.22. The molecule has 0 saturated carbocycles. The Kier molecular flexibility index (Phi) is 4.92. The van der Waals surface area contributed by atoms with E-state index in [9.17, 15) is 0 Å². The molecule has 0 aliphatic rings. The van der Waals surface area contributed by atoms with Crippen LogP contribution in [0.2, 0.25) is 0 Å². The predicted octanol–water partition coefficient (Wildman–Crippen LogP) is 4.32. The van der Waals surface area contributed by atoms with E-state index in [4.69, 9.17) is 0 Å². The minimum atomic E-state index is 0.392. The van der Waals surface area contributed by atoms with E-state index in [2.05, 4.69) is 55.5 Å². The van der Waals surface area contributed by atoms with Crippen molar-refractivity contribution in [2.45, 2.75) is 39.2 Å². The molecule has 1 atom stereocenters. The van der Waals surface area contributed by atoms with Crippen molar-refractivity contribution >= 4 is 10.9 Å². The number of aromatic nitrogens is 1. The minimum absolute atomic E-state index is 0.392. The highest BCUT2D eigenvalue weighted by Gasteiger charge is 2.17.